The van der Waals surface area contributed by atoms with Crippen molar-refractivity contribution < 1.29 is 36.3 Å². The van der Waals surface area contributed by atoms with E-state index in [1.165, 1.54) is 24.4 Å². The highest BCUT2D eigenvalue weighted by Crippen LogP contribution is 2.49. The first-order chi connectivity index (χ1) is 23.9. The molecular weight excluding hydrogens is 703 g/mol. The van der Waals surface area contributed by atoms with E-state index in [0.29, 0.717) is 16.8 Å². The van der Waals surface area contributed by atoms with Gasteiger partial charge in [-0.2, -0.15) is 33.7 Å². The largest absolute Gasteiger partial charge is 0.447 e. The Morgan fingerprint density at radius 3 is 2.43 bits per heavy atom. The summed E-state index contributed by atoms with van der Waals surface area (Å²) in [6, 6.07) is 9.67. The summed E-state index contributed by atoms with van der Waals surface area (Å²) in [5, 5.41) is 16.2. The van der Waals surface area contributed by atoms with Crippen LogP contribution in [0.5, 0.6) is 0 Å². The van der Waals surface area contributed by atoms with Gasteiger partial charge in [-0.15, -0.1) is 0 Å². The van der Waals surface area contributed by atoms with E-state index in [4.69, 9.17) is 27.1 Å². The summed E-state index contributed by atoms with van der Waals surface area (Å²) in [7, 11) is 0. The highest BCUT2D eigenvalue weighted by Gasteiger charge is 2.64. The van der Waals surface area contributed by atoms with Gasteiger partial charge in [0, 0.05) is 5.56 Å². The second-order valence-corrected chi connectivity index (χ2v) is 13.9. The van der Waals surface area contributed by atoms with Crippen molar-refractivity contribution in [3.8, 4) is 16.9 Å². The van der Waals surface area contributed by atoms with E-state index in [1.54, 1.807) is 24.3 Å². The molecule has 0 bridgehead atoms. The number of benzene rings is 2. The van der Waals surface area contributed by atoms with Crippen LogP contribution in [-0.2, 0) is 15.1 Å². The summed E-state index contributed by atoms with van der Waals surface area (Å²) in [4.78, 5) is 37.0. The predicted octanol–water partition coefficient (Wildman–Crippen LogP) is 5.99. The highest BCUT2D eigenvalue weighted by molar-refractivity contribution is 6.32. The quantitative estimate of drug-likeness (QED) is 0.167. The number of nitrogens with one attached hydrogen (secondary N) is 2. The third-order valence-corrected chi connectivity index (χ3v) is 8.97. The summed E-state index contributed by atoms with van der Waals surface area (Å²) in [6.07, 6.45) is -7.18. The smallest absolute Gasteiger partial charge is 0.411 e. The van der Waals surface area contributed by atoms with Crippen molar-refractivity contribution in [3.63, 3.8) is 0 Å². The van der Waals surface area contributed by atoms with Crippen molar-refractivity contribution in [2.45, 2.75) is 69.8 Å². The van der Waals surface area contributed by atoms with Gasteiger partial charge < -0.3 is 15.8 Å². The normalized spacial score (nSPS) is 19.3. The number of hydrogen-bond acceptors (Lipinski definition) is 9. The Kier molecular flexibility index (Phi) is 9.02. The molecule has 0 spiro atoms. The summed E-state index contributed by atoms with van der Waals surface area (Å²) in [5.74, 6) is -1.63. The molecule has 2 aromatic heterocycles. The summed E-state index contributed by atoms with van der Waals surface area (Å²) in [6.45, 7) is 5.01. The molecule has 1 aliphatic carbocycles. The summed E-state index contributed by atoms with van der Waals surface area (Å²) >= 11 is 6.41. The molecule has 0 unspecified atom stereocenters. The average Bonchev–Trinajstić information content (AvgIpc) is 3.38. The minimum absolute atomic E-state index is 0.0203. The maximum Gasteiger partial charge on any atom is 0.411 e. The topological polar surface area (TPSA) is 169 Å². The fourth-order valence-corrected chi connectivity index (χ4v) is 6.32. The van der Waals surface area contributed by atoms with Crippen LogP contribution < -0.4 is 11.1 Å². The number of halogens is 6. The maximum atomic E-state index is 14.8. The number of rotatable bonds is 10. The first-order valence-corrected chi connectivity index (χ1v) is 16.0. The Hall–Kier alpha value is -5.13. The van der Waals surface area contributed by atoms with Crippen LogP contribution in [0.15, 0.2) is 60.0 Å². The number of nitrogens with two attached hydrogens (primary N) is 1. The molecule has 2 aliphatic rings. The third kappa shape index (κ3) is 6.83. The van der Waals surface area contributed by atoms with E-state index in [0.717, 1.165) is 15.9 Å². The van der Waals surface area contributed by atoms with Crippen molar-refractivity contribution in [2.75, 3.05) is 6.61 Å². The van der Waals surface area contributed by atoms with Gasteiger partial charge in [0.25, 0.3) is 12.3 Å². The lowest BCUT2D eigenvalue weighted by molar-refractivity contribution is -0.164. The SMILES string of the molecule is CC(C)(C)C[C@]1(c2ccc(-c3cn[nH]n3)cc2)N=C(N)N([C@H](COC(=O)NC2(C(F)(F)F)CC2)c2ccc(Cl)c(-n3ncnc3C(F)F)c2)C1=O. The molecule has 4 aromatic rings. The minimum atomic E-state index is -4.71. The number of ether oxygens (including phenoxy) is 1. The zero-order chi connectivity index (χ0) is 36.9. The molecule has 13 nitrogen and oxygen atoms in total. The van der Waals surface area contributed by atoms with Gasteiger partial charge >= 0.3 is 12.3 Å². The number of alkyl halides is 5. The number of guanidine groups is 1. The lowest BCUT2D eigenvalue weighted by Gasteiger charge is -2.35. The zero-order valence-electron chi connectivity index (χ0n) is 27.4. The van der Waals surface area contributed by atoms with Crippen LogP contribution in [0.25, 0.3) is 16.9 Å². The summed E-state index contributed by atoms with van der Waals surface area (Å²) < 4.78 is 74.6. The molecule has 0 saturated heterocycles. The van der Waals surface area contributed by atoms with Crippen LogP contribution in [-0.4, -0.2) is 71.4 Å². The Labute approximate surface area is 292 Å². The molecule has 2 aromatic carbocycles. The number of amides is 2. The van der Waals surface area contributed by atoms with Gasteiger partial charge in [0.2, 0.25) is 0 Å². The van der Waals surface area contributed by atoms with E-state index in [9.17, 15) is 31.5 Å². The van der Waals surface area contributed by atoms with Gasteiger partial charge in [-0.3, -0.25) is 9.69 Å². The van der Waals surface area contributed by atoms with E-state index < -0.39 is 59.6 Å². The molecule has 1 aliphatic heterocycles. The number of carbonyl (C=O) groups is 2. The van der Waals surface area contributed by atoms with Gasteiger partial charge in [-0.1, -0.05) is 62.7 Å². The van der Waals surface area contributed by atoms with E-state index >= 15 is 0 Å². The molecule has 1 fully saturated rings. The second-order valence-electron chi connectivity index (χ2n) is 13.5. The minimum Gasteiger partial charge on any atom is -0.447 e. The molecule has 4 N–H and O–H groups in total. The van der Waals surface area contributed by atoms with Crippen LogP contribution in [0.2, 0.25) is 5.02 Å². The number of carbonyl (C=O) groups excluding carboxylic acids is 2. The Balaban J connectivity index is 1.41. The maximum absolute atomic E-state index is 14.8. The average molecular weight is 735 g/mol. The molecule has 270 valence electrons. The number of aromatic amines is 1. The molecule has 19 heteroatoms. The Morgan fingerprint density at radius 2 is 1.84 bits per heavy atom. The van der Waals surface area contributed by atoms with Gasteiger partial charge in [0.15, 0.2) is 17.3 Å². The fraction of sp³-hybridized carbons (Fsp3) is 0.406. The zero-order valence-corrected chi connectivity index (χ0v) is 28.1. The monoisotopic (exact) mass is 734 g/mol. The lowest BCUT2D eigenvalue weighted by Crippen LogP contribution is -2.50. The Morgan fingerprint density at radius 1 is 1.14 bits per heavy atom. The molecule has 0 radical (unpaired) electrons. The Bertz CT molecular complexity index is 1960. The number of aromatic nitrogens is 6. The van der Waals surface area contributed by atoms with Crippen molar-refractivity contribution in [1.82, 2.24) is 40.4 Å². The molecule has 2 atom stereocenters. The van der Waals surface area contributed by atoms with Gasteiger partial charge in [0.1, 0.15) is 24.2 Å². The standard InChI is InChI=1S/C32H32ClF5N10O3/c1-29(2,3)15-31(19-7-4-17(5-8-19)21-13-41-46-45-21)26(49)47(27(39)43-31)23(14-51-28(50)44-30(10-11-30)32(36,37)38)18-6-9-20(33)22(12-18)48-25(24(34)35)40-16-42-48/h4-9,12-13,16,23-24H,10-11,14-15H2,1-3H3,(H2,39,43)(H,44,50)(H,41,45,46)/t23-,31-/m1/s1. The lowest BCUT2D eigenvalue weighted by atomic mass is 9.75. The molecule has 51 heavy (non-hydrogen) atoms. The van der Waals surface area contributed by atoms with Crippen LogP contribution in [0.1, 0.15) is 69.5 Å². The van der Waals surface area contributed by atoms with Gasteiger partial charge in [-0.05, 0) is 47.9 Å². The van der Waals surface area contributed by atoms with Crippen LogP contribution in [0.3, 0.4) is 0 Å². The predicted molar refractivity (Wildman–Crippen MR) is 173 cm³/mol. The van der Waals surface area contributed by atoms with Crippen molar-refractivity contribution in [1.29, 1.82) is 0 Å². The number of hydrogen-bond donors (Lipinski definition) is 3. The van der Waals surface area contributed by atoms with Gasteiger partial charge in [-0.25, -0.2) is 28.2 Å². The molecular formula is C32H32ClF5N10O3. The van der Waals surface area contributed by atoms with Crippen molar-refractivity contribution in [3.05, 3.63) is 77.0 Å². The van der Waals surface area contributed by atoms with Crippen molar-refractivity contribution in [2.24, 2.45) is 16.1 Å². The number of aliphatic imine (C=N–C) groups is 1. The van der Waals surface area contributed by atoms with Crippen molar-refractivity contribution >= 4 is 29.6 Å². The van der Waals surface area contributed by atoms with E-state index in [2.05, 4.69) is 25.5 Å². The molecule has 2 amide bonds. The number of nitrogens with zero attached hydrogens (tertiary/aromatic N) is 7. The fourth-order valence-electron chi connectivity index (χ4n) is 6.13. The molecule has 6 rings (SSSR count). The number of H-pyrrole nitrogens is 1. The van der Waals surface area contributed by atoms with Gasteiger partial charge in [0.05, 0.1) is 22.9 Å². The van der Waals surface area contributed by atoms with E-state index in [1.807, 2.05) is 26.1 Å². The van der Waals surface area contributed by atoms with E-state index in [-0.39, 0.29) is 41.5 Å². The van der Waals surface area contributed by atoms with Crippen LogP contribution in [0.4, 0.5) is 26.7 Å². The summed E-state index contributed by atoms with van der Waals surface area (Å²) in [5.41, 5.74) is 3.84. The van der Waals surface area contributed by atoms with Crippen LogP contribution >= 0.6 is 11.6 Å². The second kappa shape index (κ2) is 12.9. The first-order valence-electron chi connectivity index (χ1n) is 15.6. The third-order valence-electron chi connectivity index (χ3n) is 8.65. The molecule has 1 saturated carbocycles. The molecule has 3 heterocycles. The number of alkyl carbamates (subject to hydrolysis) is 1. The highest BCUT2D eigenvalue weighted by atomic mass is 35.5. The van der Waals surface area contributed by atoms with Crippen LogP contribution in [0, 0.1) is 5.41 Å². The first kappa shape index (κ1) is 35.7.